The van der Waals surface area contributed by atoms with Gasteiger partial charge in [0.1, 0.15) is 12.4 Å². The molecular formula is C22H20N2O4. The van der Waals surface area contributed by atoms with Gasteiger partial charge in [0.25, 0.3) is 0 Å². The summed E-state index contributed by atoms with van der Waals surface area (Å²) in [5, 5.41) is 5.52. The molecule has 0 saturated carbocycles. The monoisotopic (exact) mass is 376 g/mol. The number of urea groups is 1. The topological polar surface area (TPSA) is 76.7 Å². The highest BCUT2D eigenvalue weighted by Crippen LogP contribution is 2.33. The van der Waals surface area contributed by atoms with Crippen LogP contribution in [0.1, 0.15) is 25.0 Å². The lowest BCUT2D eigenvalue weighted by Crippen LogP contribution is -2.37. The highest BCUT2D eigenvalue weighted by atomic mass is 16.6. The number of amides is 2. The zero-order chi connectivity index (χ0) is 20.1. The number of anilines is 2. The summed E-state index contributed by atoms with van der Waals surface area (Å²) in [7, 11) is 0. The second kappa shape index (κ2) is 7.89. The molecule has 1 aliphatic rings. The molecule has 1 atom stereocenters. The van der Waals surface area contributed by atoms with Gasteiger partial charge < -0.3 is 20.1 Å². The molecule has 0 fully saturated rings. The minimum Gasteiger partial charge on any atom is -0.479 e. The quantitative estimate of drug-likeness (QED) is 0.624. The molecule has 0 aliphatic carbocycles. The fourth-order valence-corrected chi connectivity index (χ4v) is 2.70. The number of esters is 1. The van der Waals surface area contributed by atoms with Crippen molar-refractivity contribution >= 4 is 29.5 Å². The van der Waals surface area contributed by atoms with Gasteiger partial charge in [-0.05, 0) is 49.4 Å². The van der Waals surface area contributed by atoms with E-state index in [1.807, 2.05) is 19.1 Å². The van der Waals surface area contributed by atoms with Crippen molar-refractivity contribution in [2.75, 3.05) is 17.2 Å². The number of terminal acetylenes is 1. The molecule has 6 heteroatoms. The van der Waals surface area contributed by atoms with Crippen LogP contribution in [-0.2, 0) is 9.53 Å². The summed E-state index contributed by atoms with van der Waals surface area (Å²) in [6.45, 7) is 3.31. The number of ether oxygens (including phenoxy) is 2. The molecule has 0 aromatic heterocycles. The molecule has 0 radical (unpaired) electrons. The number of benzene rings is 2. The second-order valence-corrected chi connectivity index (χ2v) is 6.59. The fraction of sp³-hybridized carbons (Fsp3) is 0.182. The lowest BCUT2D eigenvalue weighted by atomic mass is 10.0. The van der Waals surface area contributed by atoms with Crippen molar-refractivity contribution in [1.82, 2.24) is 0 Å². The maximum Gasteiger partial charge on any atom is 0.323 e. The Bertz CT molecular complexity index is 990. The Kier molecular flexibility index (Phi) is 5.37. The van der Waals surface area contributed by atoms with Gasteiger partial charge in [0.15, 0.2) is 5.60 Å². The van der Waals surface area contributed by atoms with Gasteiger partial charge in [-0.3, -0.25) is 4.79 Å². The van der Waals surface area contributed by atoms with E-state index in [0.717, 1.165) is 5.56 Å². The Morgan fingerprint density at radius 2 is 1.93 bits per heavy atom. The molecule has 3 rings (SSSR count). The number of carbonyl (C=O) groups excluding carboxylic acids is 2. The number of carbonyl (C=O) groups is 2. The molecule has 6 nitrogen and oxygen atoms in total. The average Bonchev–Trinajstić information content (AvgIpc) is 2.67. The first-order valence-corrected chi connectivity index (χ1v) is 8.67. The van der Waals surface area contributed by atoms with Crippen LogP contribution in [0.2, 0.25) is 0 Å². The van der Waals surface area contributed by atoms with Crippen molar-refractivity contribution in [3.8, 4) is 18.1 Å². The Hall–Kier alpha value is -3.72. The molecule has 0 saturated heterocycles. The molecule has 2 aromatic rings. The molecule has 0 spiro atoms. The first-order chi connectivity index (χ1) is 13.4. The summed E-state index contributed by atoms with van der Waals surface area (Å²) in [5.41, 5.74) is 1.99. The third-order valence-electron chi connectivity index (χ3n) is 4.08. The Morgan fingerprint density at radius 1 is 1.18 bits per heavy atom. The first-order valence-electron chi connectivity index (χ1n) is 8.67. The van der Waals surface area contributed by atoms with Crippen molar-refractivity contribution < 1.29 is 19.1 Å². The number of rotatable bonds is 4. The second-order valence-electron chi connectivity index (χ2n) is 6.59. The maximum atomic E-state index is 12.2. The zero-order valence-corrected chi connectivity index (χ0v) is 15.6. The van der Waals surface area contributed by atoms with Crippen molar-refractivity contribution in [3.63, 3.8) is 0 Å². The largest absolute Gasteiger partial charge is 0.479 e. The normalized spacial score (nSPS) is 16.9. The summed E-state index contributed by atoms with van der Waals surface area (Å²) >= 11 is 0. The molecule has 1 heterocycles. The van der Waals surface area contributed by atoms with Crippen LogP contribution in [0.25, 0.3) is 6.08 Å². The Labute approximate surface area is 163 Å². The van der Waals surface area contributed by atoms with E-state index in [-0.39, 0.29) is 18.6 Å². The predicted octanol–water partition coefficient (Wildman–Crippen LogP) is 4.04. The van der Waals surface area contributed by atoms with Crippen LogP contribution >= 0.6 is 0 Å². The van der Waals surface area contributed by atoms with Crippen LogP contribution < -0.4 is 15.4 Å². The van der Waals surface area contributed by atoms with Crippen LogP contribution in [0.5, 0.6) is 5.75 Å². The SMILES string of the molecule is C#Cc1cccc(NC(=O)Nc2ccc3c(c2)C=CC(C)(COC(C)=O)O3)c1. The molecule has 0 bridgehead atoms. The van der Waals surface area contributed by atoms with Gasteiger partial charge in [-0.1, -0.05) is 18.1 Å². The Morgan fingerprint density at radius 3 is 2.64 bits per heavy atom. The van der Waals surface area contributed by atoms with Crippen molar-refractivity contribution in [2.24, 2.45) is 0 Å². The van der Waals surface area contributed by atoms with E-state index >= 15 is 0 Å². The van der Waals surface area contributed by atoms with E-state index in [1.165, 1.54) is 6.92 Å². The zero-order valence-electron chi connectivity index (χ0n) is 15.6. The van der Waals surface area contributed by atoms with E-state index in [9.17, 15) is 9.59 Å². The average molecular weight is 376 g/mol. The molecule has 1 unspecified atom stereocenters. The minimum atomic E-state index is -0.729. The number of hydrogen-bond donors (Lipinski definition) is 2. The van der Waals surface area contributed by atoms with Crippen LogP contribution in [0.15, 0.2) is 48.5 Å². The summed E-state index contributed by atoms with van der Waals surface area (Å²) in [6.07, 6.45) is 9.07. The lowest BCUT2D eigenvalue weighted by Gasteiger charge is -2.31. The summed E-state index contributed by atoms with van der Waals surface area (Å²) in [4.78, 5) is 23.3. The van der Waals surface area contributed by atoms with Crippen molar-refractivity contribution in [2.45, 2.75) is 19.4 Å². The summed E-state index contributed by atoms with van der Waals surface area (Å²) < 4.78 is 11.0. The molecule has 28 heavy (non-hydrogen) atoms. The van der Waals surface area contributed by atoms with Gasteiger partial charge >= 0.3 is 12.0 Å². The van der Waals surface area contributed by atoms with Crippen molar-refractivity contribution in [3.05, 3.63) is 59.7 Å². The van der Waals surface area contributed by atoms with Gasteiger partial charge in [0.05, 0.1) is 0 Å². The summed E-state index contributed by atoms with van der Waals surface area (Å²) in [5.74, 6) is 2.81. The van der Waals surface area contributed by atoms with Gasteiger partial charge in [-0.15, -0.1) is 6.42 Å². The molecule has 2 N–H and O–H groups in total. The molecular weight excluding hydrogens is 356 g/mol. The molecule has 1 aliphatic heterocycles. The van der Waals surface area contributed by atoms with Gasteiger partial charge in [0.2, 0.25) is 0 Å². The predicted molar refractivity (Wildman–Crippen MR) is 108 cm³/mol. The van der Waals surface area contributed by atoms with E-state index in [4.69, 9.17) is 15.9 Å². The fourth-order valence-electron chi connectivity index (χ4n) is 2.70. The summed E-state index contributed by atoms with van der Waals surface area (Å²) in [6, 6.07) is 12.0. The standard InChI is InChI=1S/C22H20N2O4/c1-4-16-6-5-7-18(12-16)23-21(26)24-19-8-9-20-17(13-19)10-11-22(3,28-20)14-27-15(2)25/h1,5-13H,14H2,2-3H3,(H2,23,24,26). The first kappa shape index (κ1) is 19.1. The van der Waals surface area contributed by atoms with Crippen LogP contribution in [-0.4, -0.2) is 24.2 Å². The van der Waals surface area contributed by atoms with E-state index < -0.39 is 5.60 Å². The minimum absolute atomic E-state index is 0.122. The van der Waals surface area contributed by atoms with Crippen LogP contribution in [0.4, 0.5) is 16.2 Å². The van der Waals surface area contributed by atoms with E-state index in [1.54, 1.807) is 42.5 Å². The van der Waals surface area contributed by atoms with E-state index in [0.29, 0.717) is 22.7 Å². The van der Waals surface area contributed by atoms with Gasteiger partial charge in [-0.25, -0.2) is 4.79 Å². The number of fused-ring (bicyclic) bond motifs is 1. The maximum absolute atomic E-state index is 12.2. The van der Waals surface area contributed by atoms with Crippen LogP contribution in [0, 0.1) is 12.3 Å². The van der Waals surface area contributed by atoms with Crippen LogP contribution in [0.3, 0.4) is 0 Å². The Balaban J connectivity index is 1.66. The smallest absolute Gasteiger partial charge is 0.323 e. The highest BCUT2D eigenvalue weighted by Gasteiger charge is 2.29. The molecule has 142 valence electrons. The van der Waals surface area contributed by atoms with E-state index in [2.05, 4.69) is 16.6 Å². The lowest BCUT2D eigenvalue weighted by molar-refractivity contribution is -0.145. The third kappa shape index (κ3) is 4.71. The third-order valence-corrected chi connectivity index (χ3v) is 4.08. The molecule has 2 amide bonds. The highest BCUT2D eigenvalue weighted by molar-refractivity contribution is 6.00. The molecule has 2 aromatic carbocycles. The number of hydrogen-bond acceptors (Lipinski definition) is 4. The van der Waals surface area contributed by atoms with Gasteiger partial charge in [-0.2, -0.15) is 0 Å². The van der Waals surface area contributed by atoms with Crippen molar-refractivity contribution in [1.29, 1.82) is 0 Å². The van der Waals surface area contributed by atoms with Gasteiger partial charge in [0, 0.05) is 29.4 Å². The number of nitrogens with one attached hydrogen (secondary N) is 2.